The van der Waals surface area contributed by atoms with Gasteiger partial charge in [0, 0.05) is 31.7 Å². The van der Waals surface area contributed by atoms with Gasteiger partial charge < -0.3 is 10.2 Å². The Morgan fingerprint density at radius 2 is 2.24 bits per heavy atom. The highest BCUT2D eigenvalue weighted by atomic mass is 35.5. The fraction of sp³-hybridized carbons (Fsp3) is 0.733. The number of anilines is 2. The monoisotopic (exact) mass is 309 g/mol. The van der Waals surface area contributed by atoms with Crippen molar-refractivity contribution in [1.82, 2.24) is 14.9 Å². The van der Waals surface area contributed by atoms with E-state index < -0.39 is 0 Å². The SMILES string of the molecule is CCNc1ncc(Cl)c(N2CC3CCCCN3CC2C)n1. The van der Waals surface area contributed by atoms with Crippen LogP contribution >= 0.6 is 11.6 Å². The van der Waals surface area contributed by atoms with Crippen LogP contribution in [0.4, 0.5) is 11.8 Å². The van der Waals surface area contributed by atoms with Gasteiger partial charge in [0.05, 0.1) is 6.20 Å². The molecule has 2 aliphatic rings. The van der Waals surface area contributed by atoms with E-state index in [4.69, 9.17) is 11.6 Å². The largest absolute Gasteiger partial charge is 0.354 e. The highest BCUT2D eigenvalue weighted by Gasteiger charge is 2.34. The molecule has 0 radical (unpaired) electrons. The molecule has 1 N–H and O–H groups in total. The van der Waals surface area contributed by atoms with Gasteiger partial charge in [-0.15, -0.1) is 0 Å². The van der Waals surface area contributed by atoms with Crippen LogP contribution in [0.2, 0.25) is 5.02 Å². The normalized spacial score (nSPS) is 26.5. The molecular formula is C15H24ClN5. The van der Waals surface area contributed by atoms with Crippen molar-refractivity contribution >= 4 is 23.4 Å². The Labute approximate surface area is 131 Å². The molecule has 0 amide bonds. The predicted molar refractivity (Wildman–Crippen MR) is 87.2 cm³/mol. The molecular weight excluding hydrogens is 286 g/mol. The summed E-state index contributed by atoms with van der Waals surface area (Å²) in [6.45, 7) is 8.47. The van der Waals surface area contributed by atoms with Crippen LogP contribution in [-0.4, -0.2) is 53.1 Å². The summed E-state index contributed by atoms with van der Waals surface area (Å²) < 4.78 is 0. The molecule has 3 heterocycles. The van der Waals surface area contributed by atoms with E-state index in [9.17, 15) is 0 Å². The third-order valence-electron chi connectivity index (χ3n) is 4.52. The van der Waals surface area contributed by atoms with E-state index in [1.165, 1.54) is 25.8 Å². The van der Waals surface area contributed by atoms with Gasteiger partial charge in [-0.1, -0.05) is 18.0 Å². The Hall–Kier alpha value is -1.07. The van der Waals surface area contributed by atoms with E-state index in [0.29, 0.717) is 23.1 Å². The topological polar surface area (TPSA) is 44.3 Å². The molecule has 0 aliphatic carbocycles. The van der Waals surface area contributed by atoms with Crippen LogP contribution in [0.25, 0.3) is 0 Å². The molecule has 2 atom stereocenters. The fourth-order valence-electron chi connectivity index (χ4n) is 3.45. The number of aromatic nitrogens is 2. The minimum Gasteiger partial charge on any atom is -0.354 e. The lowest BCUT2D eigenvalue weighted by Crippen LogP contribution is -2.59. The number of piperidine rings is 1. The number of fused-ring (bicyclic) bond motifs is 1. The second-order valence-electron chi connectivity index (χ2n) is 6.04. The molecule has 21 heavy (non-hydrogen) atoms. The van der Waals surface area contributed by atoms with E-state index in [2.05, 4.69) is 32.0 Å². The summed E-state index contributed by atoms with van der Waals surface area (Å²) in [6.07, 6.45) is 5.67. The van der Waals surface area contributed by atoms with Gasteiger partial charge in [0.1, 0.15) is 5.02 Å². The van der Waals surface area contributed by atoms with Gasteiger partial charge in [0.25, 0.3) is 0 Å². The van der Waals surface area contributed by atoms with Crippen molar-refractivity contribution in [3.63, 3.8) is 0 Å². The molecule has 0 spiro atoms. The van der Waals surface area contributed by atoms with Gasteiger partial charge in [-0.3, -0.25) is 4.90 Å². The summed E-state index contributed by atoms with van der Waals surface area (Å²) in [6, 6.07) is 1.07. The van der Waals surface area contributed by atoms with Crippen molar-refractivity contribution in [3.05, 3.63) is 11.2 Å². The van der Waals surface area contributed by atoms with Crippen LogP contribution in [-0.2, 0) is 0 Å². The molecule has 0 aromatic carbocycles. The lowest BCUT2D eigenvalue weighted by molar-refractivity contribution is 0.115. The summed E-state index contributed by atoms with van der Waals surface area (Å²) in [7, 11) is 0. The molecule has 2 saturated heterocycles. The van der Waals surface area contributed by atoms with Crippen molar-refractivity contribution in [2.75, 3.05) is 36.4 Å². The Morgan fingerprint density at radius 3 is 3.05 bits per heavy atom. The van der Waals surface area contributed by atoms with Crippen LogP contribution in [0.1, 0.15) is 33.1 Å². The van der Waals surface area contributed by atoms with E-state index >= 15 is 0 Å². The van der Waals surface area contributed by atoms with Crippen LogP contribution in [0.15, 0.2) is 6.20 Å². The first kappa shape index (κ1) is 14.9. The van der Waals surface area contributed by atoms with Gasteiger partial charge in [-0.05, 0) is 33.2 Å². The van der Waals surface area contributed by atoms with Crippen molar-refractivity contribution in [3.8, 4) is 0 Å². The molecule has 2 aliphatic heterocycles. The second-order valence-corrected chi connectivity index (χ2v) is 6.45. The molecule has 0 bridgehead atoms. The summed E-state index contributed by atoms with van der Waals surface area (Å²) >= 11 is 6.36. The van der Waals surface area contributed by atoms with Crippen LogP contribution in [0, 0.1) is 0 Å². The number of halogens is 1. The number of hydrogen-bond acceptors (Lipinski definition) is 5. The van der Waals surface area contributed by atoms with E-state index in [1.807, 2.05) is 6.92 Å². The third-order valence-corrected chi connectivity index (χ3v) is 4.79. The molecule has 0 saturated carbocycles. The standard InChI is InChI=1S/C15H24ClN5/c1-3-17-15-18-8-13(16)14(19-15)21-10-12-6-4-5-7-20(12)9-11(21)2/h8,11-12H,3-7,9-10H2,1-2H3,(H,17,18,19). The maximum absolute atomic E-state index is 6.36. The number of piperazine rings is 1. The average molecular weight is 310 g/mol. The van der Waals surface area contributed by atoms with Gasteiger partial charge in [0.2, 0.25) is 5.95 Å². The predicted octanol–water partition coefficient (Wildman–Crippen LogP) is 2.62. The van der Waals surface area contributed by atoms with Crippen molar-refractivity contribution in [1.29, 1.82) is 0 Å². The number of hydrogen-bond donors (Lipinski definition) is 1. The van der Waals surface area contributed by atoms with Crippen LogP contribution < -0.4 is 10.2 Å². The first-order valence-electron chi connectivity index (χ1n) is 7.96. The Kier molecular flexibility index (Phi) is 4.50. The zero-order valence-corrected chi connectivity index (χ0v) is 13.6. The Balaban J connectivity index is 1.83. The zero-order chi connectivity index (χ0) is 14.8. The highest BCUT2D eigenvalue weighted by molar-refractivity contribution is 6.32. The van der Waals surface area contributed by atoms with Gasteiger partial charge in [-0.25, -0.2) is 4.98 Å². The first-order chi connectivity index (χ1) is 10.2. The zero-order valence-electron chi connectivity index (χ0n) is 12.8. The Morgan fingerprint density at radius 1 is 1.38 bits per heavy atom. The molecule has 3 rings (SSSR count). The van der Waals surface area contributed by atoms with Crippen LogP contribution in [0.5, 0.6) is 0 Å². The summed E-state index contributed by atoms with van der Waals surface area (Å²) in [4.78, 5) is 13.9. The number of nitrogens with zero attached hydrogens (tertiary/aromatic N) is 4. The molecule has 116 valence electrons. The highest BCUT2D eigenvalue weighted by Crippen LogP contribution is 2.31. The molecule has 1 aromatic heterocycles. The summed E-state index contributed by atoms with van der Waals surface area (Å²) in [5.74, 6) is 1.54. The molecule has 5 nitrogen and oxygen atoms in total. The van der Waals surface area contributed by atoms with Gasteiger partial charge in [0.15, 0.2) is 5.82 Å². The Bertz CT molecular complexity index is 495. The number of rotatable bonds is 3. The van der Waals surface area contributed by atoms with E-state index in [0.717, 1.165) is 25.5 Å². The quantitative estimate of drug-likeness (QED) is 0.930. The smallest absolute Gasteiger partial charge is 0.224 e. The second kappa shape index (κ2) is 6.36. The molecule has 2 fully saturated rings. The first-order valence-corrected chi connectivity index (χ1v) is 8.34. The van der Waals surface area contributed by atoms with Gasteiger partial charge >= 0.3 is 0 Å². The van der Waals surface area contributed by atoms with Crippen molar-refractivity contribution in [2.24, 2.45) is 0 Å². The molecule has 6 heteroatoms. The third kappa shape index (κ3) is 3.09. The van der Waals surface area contributed by atoms with E-state index in [-0.39, 0.29) is 0 Å². The lowest BCUT2D eigenvalue weighted by Gasteiger charge is -2.48. The van der Waals surface area contributed by atoms with Gasteiger partial charge in [-0.2, -0.15) is 4.98 Å². The van der Waals surface area contributed by atoms with Crippen LogP contribution in [0.3, 0.4) is 0 Å². The maximum Gasteiger partial charge on any atom is 0.224 e. The maximum atomic E-state index is 6.36. The lowest BCUT2D eigenvalue weighted by atomic mass is 9.97. The molecule has 2 unspecified atom stereocenters. The fourth-order valence-corrected chi connectivity index (χ4v) is 3.65. The minimum atomic E-state index is 0.432. The molecule has 1 aromatic rings. The summed E-state index contributed by atoms with van der Waals surface area (Å²) in [5.41, 5.74) is 0. The van der Waals surface area contributed by atoms with Crippen molar-refractivity contribution < 1.29 is 0 Å². The number of nitrogens with one attached hydrogen (secondary N) is 1. The minimum absolute atomic E-state index is 0.432. The van der Waals surface area contributed by atoms with Crippen molar-refractivity contribution in [2.45, 2.75) is 45.2 Å². The van der Waals surface area contributed by atoms with E-state index in [1.54, 1.807) is 6.20 Å². The summed E-state index contributed by atoms with van der Waals surface area (Å²) in [5, 5.41) is 3.81. The average Bonchev–Trinajstić information content (AvgIpc) is 2.49.